The van der Waals surface area contributed by atoms with Crippen molar-refractivity contribution in [2.24, 2.45) is 0 Å². The van der Waals surface area contributed by atoms with Gasteiger partial charge in [0, 0.05) is 21.7 Å². The number of nitrogens with one attached hydrogen (secondary N) is 2. The van der Waals surface area contributed by atoms with Crippen molar-refractivity contribution >= 4 is 40.6 Å². The fourth-order valence-electron chi connectivity index (χ4n) is 4.58. The normalized spacial score (nSPS) is 18.1. The molecule has 0 aromatic heterocycles. The first-order chi connectivity index (χ1) is 17.6. The largest absolute Gasteiger partial charge is 0.450 e. The van der Waals surface area contributed by atoms with Crippen molar-refractivity contribution < 1.29 is 14.3 Å². The van der Waals surface area contributed by atoms with Gasteiger partial charge < -0.3 is 10.1 Å². The molecule has 0 bridgehead atoms. The van der Waals surface area contributed by atoms with E-state index in [4.69, 9.17) is 16.3 Å². The maximum Gasteiger partial charge on any atom is 0.308 e. The Kier molecular flexibility index (Phi) is 5.24. The summed E-state index contributed by atoms with van der Waals surface area (Å²) < 4.78 is 6.63. The number of hydrogen-bond donors (Lipinski definition) is 2. The summed E-state index contributed by atoms with van der Waals surface area (Å²) in [6.45, 7) is 0. The number of fused-ring (bicyclic) bond motifs is 2. The van der Waals surface area contributed by atoms with Gasteiger partial charge >= 0.3 is 5.72 Å². The highest BCUT2D eigenvalue weighted by Crippen LogP contribution is 2.52. The zero-order valence-electron chi connectivity index (χ0n) is 18.9. The van der Waals surface area contributed by atoms with Crippen LogP contribution in [0.15, 0.2) is 109 Å². The Morgan fingerprint density at radius 2 is 1.42 bits per heavy atom. The summed E-state index contributed by atoms with van der Waals surface area (Å²) >= 11 is 6.03. The minimum atomic E-state index is -1.64. The number of hydrazine groups is 1. The maximum atomic E-state index is 13.7. The van der Waals surface area contributed by atoms with Crippen LogP contribution in [0.4, 0.5) is 5.69 Å². The van der Waals surface area contributed by atoms with Gasteiger partial charge in [0.2, 0.25) is 0 Å². The van der Waals surface area contributed by atoms with Crippen LogP contribution in [0.25, 0.3) is 11.5 Å². The Balaban J connectivity index is 1.57. The number of carbonyl (C=O) groups excluding carboxylic acids is 2. The Morgan fingerprint density at radius 3 is 2.11 bits per heavy atom. The molecule has 176 valence electrons. The van der Waals surface area contributed by atoms with E-state index in [1.807, 2.05) is 84.9 Å². The summed E-state index contributed by atoms with van der Waals surface area (Å²) in [5, 5.41) is 4.99. The lowest BCUT2D eigenvalue weighted by atomic mass is 10.0. The molecule has 2 aliphatic rings. The number of benzene rings is 4. The summed E-state index contributed by atoms with van der Waals surface area (Å²) in [6, 6.07) is 33.0. The van der Waals surface area contributed by atoms with Gasteiger partial charge in [0.25, 0.3) is 11.8 Å². The number of ether oxygens (including phenoxy) is 1. The SMILES string of the molecule is O=C(NN1C(c2ccccc2)=C(c2ccccc2)OC12C(=O)Nc1ccccc12)c1ccc(Cl)cc1. The zero-order chi connectivity index (χ0) is 24.7. The highest BCUT2D eigenvalue weighted by atomic mass is 35.5. The van der Waals surface area contributed by atoms with Crippen LogP contribution in [-0.2, 0) is 15.3 Å². The van der Waals surface area contributed by atoms with Gasteiger partial charge in [0.1, 0.15) is 5.70 Å². The van der Waals surface area contributed by atoms with Crippen LogP contribution >= 0.6 is 11.6 Å². The molecule has 2 amide bonds. The highest BCUT2D eigenvalue weighted by molar-refractivity contribution is 6.30. The van der Waals surface area contributed by atoms with Crippen LogP contribution in [-0.4, -0.2) is 16.8 Å². The van der Waals surface area contributed by atoms with Crippen LogP contribution in [0.1, 0.15) is 27.0 Å². The molecule has 7 heteroatoms. The molecule has 0 radical (unpaired) electrons. The highest BCUT2D eigenvalue weighted by Gasteiger charge is 2.60. The van der Waals surface area contributed by atoms with Crippen molar-refractivity contribution in [2.75, 3.05) is 5.32 Å². The number of carbonyl (C=O) groups is 2. The molecule has 0 saturated heterocycles. The fraction of sp³-hybridized carbons (Fsp3) is 0.0345. The summed E-state index contributed by atoms with van der Waals surface area (Å²) in [7, 11) is 0. The molecule has 6 rings (SSSR count). The van der Waals surface area contributed by atoms with Gasteiger partial charge in [0.15, 0.2) is 5.76 Å². The van der Waals surface area contributed by atoms with E-state index in [0.29, 0.717) is 33.3 Å². The first-order valence-electron chi connectivity index (χ1n) is 11.4. The quantitative estimate of drug-likeness (QED) is 0.385. The maximum absolute atomic E-state index is 13.7. The van der Waals surface area contributed by atoms with E-state index in [1.165, 1.54) is 0 Å². The minimum absolute atomic E-state index is 0.391. The summed E-state index contributed by atoms with van der Waals surface area (Å²) in [5.41, 5.74) is 5.06. The van der Waals surface area contributed by atoms with Gasteiger partial charge in [-0.15, -0.1) is 0 Å². The molecule has 0 fully saturated rings. The predicted molar refractivity (Wildman–Crippen MR) is 138 cm³/mol. The van der Waals surface area contributed by atoms with Crippen molar-refractivity contribution in [2.45, 2.75) is 5.72 Å². The Bertz CT molecular complexity index is 1500. The standard InChI is InChI=1S/C29H20ClN3O3/c30-22-17-15-21(16-18-22)27(34)32-33-25(19-9-3-1-4-10-19)26(20-11-5-2-6-12-20)36-29(33)23-13-7-8-14-24(23)31-28(29)35/h1-18H,(H,31,35)(H,32,34). The molecule has 6 nitrogen and oxygen atoms in total. The average Bonchev–Trinajstić information content (AvgIpc) is 3.40. The summed E-state index contributed by atoms with van der Waals surface area (Å²) in [4.78, 5) is 27.2. The van der Waals surface area contributed by atoms with E-state index in [-0.39, 0.29) is 0 Å². The van der Waals surface area contributed by atoms with Gasteiger partial charge in [-0.2, -0.15) is 0 Å². The third kappa shape index (κ3) is 3.42. The van der Waals surface area contributed by atoms with Crippen LogP contribution in [0.3, 0.4) is 0 Å². The molecule has 2 N–H and O–H groups in total. The molecule has 1 unspecified atom stereocenters. The van der Waals surface area contributed by atoms with Crippen molar-refractivity contribution in [1.82, 2.24) is 10.4 Å². The monoisotopic (exact) mass is 493 g/mol. The molecule has 2 aliphatic heterocycles. The van der Waals surface area contributed by atoms with Crippen LogP contribution in [0.2, 0.25) is 5.02 Å². The van der Waals surface area contributed by atoms with Gasteiger partial charge in [-0.25, -0.2) is 5.01 Å². The van der Waals surface area contributed by atoms with Crippen LogP contribution < -0.4 is 10.7 Å². The smallest absolute Gasteiger partial charge is 0.308 e. The second-order valence-corrected chi connectivity index (χ2v) is 8.88. The summed E-state index contributed by atoms with van der Waals surface area (Å²) in [5.74, 6) is -0.334. The molecule has 0 saturated carbocycles. The molecule has 36 heavy (non-hydrogen) atoms. The molecular weight excluding hydrogens is 474 g/mol. The van der Waals surface area contributed by atoms with Gasteiger partial charge in [0.05, 0.1) is 11.3 Å². The molecule has 0 aliphatic carbocycles. The molecule has 2 heterocycles. The third-order valence-corrected chi connectivity index (χ3v) is 6.51. The van der Waals surface area contributed by atoms with Gasteiger partial charge in [-0.3, -0.25) is 15.0 Å². The predicted octanol–water partition coefficient (Wildman–Crippen LogP) is 5.65. The molecule has 1 atom stereocenters. The number of para-hydroxylation sites is 1. The van der Waals surface area contributed by atoms with Crippen molar-refractivity contribution in [1.29, 1.82) is 0 Å². The van der Waals surface area contributed by atoms with E-state index in [9.17, 15) is 9.59 Å². The molecule has 4 aromatic carbocycles. The van der Waals surface area contributed by atoms with Crippen molar-refractivity contribution in [3.63, 3.8) is 0 Å². The number of halogens is 1. The number of anilines is 1. The average molecular weight is 494 g/mol. The Labute approximate surface area is 212 Å². The number of hydrogen-bond acceptors (Lipinski definition) is 4. The zero-order valence-corrected chi connectivity index (χ0v) is 19.7. The topological polar surface area (TPSA) is 70.7 Å². The van der Waals surface area contributed by atoms with E-state index in [2.05, 4.69) is 10.7 Å². The van der Waals surface area contributed by atoms with Gasteiger partial charge in [-0.05, 0) is 30.3 Å². The molecule has 4 aromatic rings. The number of amides is 2. The van der Waals surface area contributed by atoms with Crippen LogP contribution in [0, 0.1) is 0 Å². The first-order valence-corrected chi connectivity index (χ1v) is 11.8. The van der Waals surface area contributed by atoms with Crippen LogP contribution in [0.5, 0.6) is 0 Å². The van der Waals surface area contributed by atoms with E-state index < -0.39 is 17.5 Å². The lowest BCUT2D eigenvalue weighted by Crippen LogP contribution is -2.55. The lowest BCUT2D eigenvalue weighted by Gasteiger charge is -2.34. The number of nitrogens with zero attached hydrogens (tertiary/aromatic N) is 1. The van der Waals surface area contributed by atoms with E-state index in [0.717, 1.165) is 11.1 Å². The van der Waals surface area contributed by atoms with Crippen molar-refractivity contribution in [3.05, 3.63) is 136 Å². The van der Waals surface area contributed by atoms with E-state index >= 15 is 0 Å². The minimum Gasteiger partial charge on any atom is -0.450 e. The van der Waals surface area contributed by atoms with E-state index in [1.54, 1.807) is 29.3 Å². The Hall–Kier alpha value is -4.55. The molecular formula is C29H20ClN3O3. The molecule has 1 spiro atoms. The third-order valence-electron chi connectivity index (χ3n) is 6.25. The second-order valence-electron chi connectivity index (χ2n) is 8.44. The second kappa shape index (κ2) is 8.59. The fourth-order valence-corrected chi connectivity index (χ4v) is 4.71. The van der Waals surface area contributed by atoms with Crippen molar-refractivity contribution in [3.8, 4) is 0 Å². The Morgan fingerprint density at radius 1 is 0.806 bits per heavy atom. The summed E-state index contributed by atoms with van der Waals surface area (Å²) in [6.07, 6.45) is 0. The lowest BCUT2D eigenvalue weighted by molar-refractivity contribution is -0.148. The van der Waals surface area contributed by atoms with Gasteiger partial charge in [-0.1, -0.05) is 90.5 Å². The first kappa shape index (κ1) is 21.9. The number of rotatable bonds is 4.